The van der Waals surface area contributed by atoms with Crippen molar-refractivity contribution in [2.24, 2.45) is 4.99 Å². The zero-order valence-electron chi connectivity index (χ0n) is 7.87. The third-order valence-electron chi connectivity index (χ3n) is 1.73. The molecule has 0 atom stereocenters. The van der Waals surface area contributed by atoms with Crippen LogP contribution in [0.15, 0.2) is 41.2 Å². The molecule has 0 saturated carbocycles. The third-order valence-corrected chi connectivity index (χ3v) is 2.78. The molecule has 0 amide bonds. The van der Waals surface area contributed by atoms with Gasteiger partial charge >= 0.3 is 0 Å². The number of hydrogen-bond acceptors (Lipinski definition) is 1. The summed E-state index contributed by atoms with van der Waals surface area (Å²) in [5.74, 6) is -0.285. The lowest BCUT2D eigenvalue weighted by atomic mass is 10.1. The number of hydrogen-bond donors (Lipinski definition) is 0. The molecule has 3 heteroatoms. The van der Waals surface area contributed by atoms with Gasteiger partial charge in [-0.05, 0) is 46.7 Å². The van der Waals surface area contributed by atoms with Crippen molar-refractivity contribution in [3.8, 4) is 0 Å². The summed E-state index contributed by atoms with van der Waals surface area (Å²) in [7, 11) is 1.56. The number of aliphatic imine (C=N–C) groups is 1. The molecule has 0 aliphatic heterocycles. The molecule has 0 N–H and O–H groups in total. The second kappa shape index (κ2) is 5.90. The van der Waals surface area contributed by atoms with Crippen LogP contribution < -0.4 is 0 Å². The fourth-order valence-corrected chi connectivity index (χ4v) is 1.66. The zero-order valence-corrected chi connectivity index (χ0v) is 10.0. The van der Waals surface area contributed by atoms with Gasteiger partial charge in [0.05, 0.1) is 6.21 Å². The minimum atomic E-state index is -0.285. The highest BCUT2D eigenvalue weighted by molar-refractivity contribution is 14.1. The summed E-state index contributed by atoms with van der Waals surface area (Å²) in [6.45, 7) is 0. The third kappa shape index (κ3) is 3.57. The standard InChI is InChI=1S/C11H11FIN/c1-14-8-10(12)7-6-9-4-2-3-5-11(9)13/h2-5,7-8H,6H2,1H3/b10-7?,14-8-. The second-order valence-corrected chi connectivity index (χ2v) is 3.93. The van der Waals surface area contributed by atoms with Gasteiger partial charge < -0.3 is 0 Å². The second-order valence-electron chi connectivity index (χ2n) is 2.77. The number of allylic oxidation sites excluding steroid dienone is 2. The fraction of sp³-hybridized carbons (Fsp3) is 0.182. The molecule has 74 valence electrons. The van der Waals surface area contributed by atoms with Crippen molar-refractivity contribution in [1.29, 1.82) is 0 Å². The summed E-state index contributed by atoms with van der Waals surface area (Å²) < 4.78 is 14.1. The number of benzene rings is 1. The van der Waals surface area contributed by atoms with Crippen LogP contribution in [0, 0.1) is 3.57 Å². The predicted molar refractivity (Wildman–Crippen MR) is 66.5 cm³/mol. The molecule has 1 nitrogen and oxygen atoms in total. The van der Waals surface area contributed by atoms with Gasteiger partial charge in [0.2, 0.25) is 0 Å². The van der Waals surface area contributed by atoms with Crippen molar-refractivity contribution >= 4 is 28.8 Å². The summed E-state index contributed by atoms with van der Waals surface area (Å²) in [6, 6.07) is 7.93. The van der Waals surface area contributed by atoms with E-state index in [2.05, 4.69) is 27.6 Å². The Hall–Kier alpha value is -0.710. The van der Waals surface area contributed by atoms with Crippen molar-refractivity contribution in [3.05, 3.63) is 45.3 Å². The average molecular weight is 303 g/mol. The summed E-state index contributed by atoms with van der Waals surface area (Å²) >= 11 is 2.24. The molecule has 14 heavy (non-hydrogen) atoms. The van der Waals surface area contributed by atoms with E-state index in [1.165, 1.54) is 12.3 Å². The maximum absolute atomic E-state index is 12.9. The van der Waals surface area contributed by atoms with Gasteiger partial charge in [0, 0.05) is 10.6 Å². The van der Waals surface area contributed by atoms with Crippen LogP contribution >= 0.6 is 22.6 Å². The van der Waals surface area contributed by atoms with Gasteiger partial charge in [0.15, 0.2) is 0 Å². The molecular formula is C11H11FIN. The van der Waals surface area contributed by atoms with E-state index in [-0.39, 0.29) is 5.83 Å². The Bertz CT molecular complexity index is 358. The van der Waals surface area contributed by atoms with E-state index in [1.54, 1.807) is 7.05 Å². The molecule has 0 aromatic heterocycles. The largest absolute Gasteiger partial charge is 0.293 e. The van der Waals surface area contributed by atoms with E-state index in [9.17, 15) is 4.39 Å². The molecule has 1 aromatic rings. The van der Waals surface area contributed by atoms with E-state index >= 15 is 0 Å². The van der Waals surface area contributed by atoms with Crippen LogP contribution in [0.5, 0.6) is 0 Å². The van der Waals surface area contributed by atoms with Crippen LogP contribution in [0.2, 0.25) is 0 Å². The van der Waals surface area contributed by atoms with E-state index in [0.717, 1.165) is 9.13 Å². The zero-order chi connectivity index (χ0) is 10.4. The summed E-state index contributed by atoms with van der Waals surface area (Å²) in [6.07, 6.45) is 3.36. The van der Waals surface area contributed by atoms with Gasteiger partial charge in [0.25, 0.3) is 0 Å². The molecule has 0 heterocycles. The van der Waals surface area contributed by atoms with E-state index in [4.69, 9.17) is 0 Å². The molecule has 0 aliphatic rings. The molecule has 1 aromatic carbocycles. The van der Waals surface area contributed by atoms with Gasteiger partial charge in [0.1, 0.15) is 5.83 Å². The minimum absolute atomic E-state index is 0.285. The highest BCUT2D eigenvalue weighted by atomic mass is 127. The first-order valence-corrected chi connectivity index (χ1v) is 5.33. The smallest absolute Gasteiger partial charge is 0.137 e. The van der Waals surface area contributed by atoms with Crippen LogP contribution in [0.1, 0.15) is 5.56 Å². The van der Waals surface area contributed by atoms with Crippen molar-refractivity contribution < 1.29 is 4.39 Å². The minimum Gasteiger partial charge on any atom is -0.293 e. The summed E-state index contributed by atoms with van der Waals surface area (Å²) in [5.41, 5.74) is 1.13. The Morgan fingerprint density at radius 1 is 1.50 bits per heavy atom. The van der Waals surface area contributed by atoms with Crippen LogP contribution in [0.3, 0.4) is 0 Å². The first-order chi connectivity index (χ1) is 6.74. The van der Waals surface area contributed by atoms with Crippen molar-refractivity contribution in [3.63, 3.8) is 0 Å². The summed E-state index contributed by atoms with van der Waals surface area (Å²) in [4.78, 5) is 3.60. The lowest BCUT2D eigenvalue weighted by Gasteiger charge is -1.99. The maximum atomic E-state index is 12.9. The molecule has 0 spiro atoms. The van der Waals surface area contributed by atoms with E-state index in [0.29, 0.717) is 6.42 Å². The quantitative estimate of drug-likeness (QED) is 0.599. The molecular weight excluding hydrogens is 292 g/mol. The molecule has 0 radical (unpaired) electrons. The maximum Gasteiger partial charge on any atom is 0.137 e. The highest BCUT2D eigenvalue weighted by Gasteiger charge is 1.96. The summed E-state index contributed by atoms with van der Waals surface area (Å²) in [5, 5.41) is 0. The molecule has 0 saturated heterocycles. The van der Waals surface area contributed by atoms with Gasteiger partial charge in [-0.2, -0.15) is 0 Å². The first-order valence-electron chi connectivity index (χ1n) is 4.25. The van der Waals surface area contributed by atoms with Gasteiger partial charge in [-0.1, -0.05) is 18.2 Å². The molecule has 0 unspecified atom stereocenters. The van der Waals surface area contributed by atoms with Crippen LogP contribution in [-0.2, 0) is 6.42 Å². The van der Waals surface area contributed by atoms with Crippen molar-refractivity contribution in [2.45, 2.75) is 6.42 Å². The topological polar surface area (TPSA) is 12.4 Å². The predicted octanol–water partition coefficient (Wildman–Crippen LogP) is 3.39. The van der Waals surface area contributed by atoms with Crippen LogP contribution in [0.4, 0.5) is 4.39 Å². The number of rotatable bonds is 3. The first kappa shape index (κ1) is 11.4. The molecule has 0 aliphatic carbocycles. The normalized spacial score (nSPS) is 12.4. The Labute approximate surface area is 96.9 Å². The van der Waals surface area contributed by atoms with Crippen molar-refractivity contribution in [2.75, 3.05) is 7.05 Å². The van der Waals surface area contributed by atoms with E-state index in [1.807, 2.05) is 24.3 Å². The van der Waals surface area contributed by atoms with Gasteiger partial charge in [-0.25, -0.2) is 4.39 Å². The van der Waals surface area contributed by atoms with Gasteiger partial charge in [-0.15, -0.1) is 0 Å². The highest BCUT2D eigenvalue weighted by Crippen LogP contribution is 2.13. The average Bonchev–Trinajstić information content (AvgIpc) is 2.17. The number of nitrogens with zero attached hydrogens (tertiary/aromatic N) is 1. The van der Waals surface area contributed by atoms with Crippen LogP contribution in [-0.4, -0.2) is 13.3 Å². The Kier molecular flexibility index (Phi) is 4.79. The van der Waals surface area contributed by atoms with Gasteiger partial charge in [-0.3, -0.25) is 4.99 Å². The van der Waals surface area contributed by atoms with Crippen LogP contribution in [0.25, 0.3) is 0 Å². The Morgan fingerprint density at radius 3 is 2.86 bits per heavy atom. The monoisotopic (exact) mass is 303 g/mol. The Morgan fingerprint density at radius 2 is 2.21 bits per heavy atom. The fourth-order valence-electron chi connectivity index (χ4n) is 1.05. The lowest BCUT2D eigenvalue weighted by molar-refractivity contribution is 0.681. The SMILES string of the molecule is C/N=C\C(F)=CCc1ccccc1I. The van der Waals surface area contributed by atoms with E-state index < -0.39 is 0 Å². The lowest BCUT2D eigenvalue weighted by Crippen LogP contribution is -1.87. The van der Waals surface area contributed by atoms with Crippen molar-refractivity contribution in [1.82, 2.24) is 0 Å². The Balaban J connectivity index is 2.71. The molecule has 0 bridgehead atoms. The molecule has 0 fully saturated rings. The molecule has 1 rings (SSSR count). The number of halogens is 2.